The summed E-state index contributed by atoms with van der Waals surface area (Å²) in [7, 11) is 0. The van der Waals surface area contributed by atoms with Crippen LogP contribution in [-0.4, -0.2) is 21.6 Å². The Hall–Kier alpha value is -3.48. The maximum Gasteiger partial charge on any atom is 0.228 e. The predicted molar refractivity (Wildman–Crippen MR) is 105 cm³/mol. The van der Waals surface area contributed by atoms with Crippen LogP contribution in [0.3, 0.4) is 0 Å². The SMILES string of the molecule is Cc1nn(-c2ccc(F)cc2)c(C)c1CC(=O)Nc1ccc(CC(N)=O)cc1. The number of hydrogen-bond donors (Lipinski definition) is 2. The number of hydrogen-bond acceptors (Lipinski definition) is 3. The molecule has 3 rings (SSSR count). The number of carbonyl (C=O) groups excluding carboxylic acids is 2. The van der Waals surface area contributed by atoms with Crippen LogP contribution in [0.2, 0.25) is 0 Å². The van der Waals surface area contributed by atoms with Crippen LogP contribution in [0.25, 0.3) is 5.69 Å². The number of aryl methyl sites for hydroxylation is 1. The highest BCUT2D eigenvalue weighted by Gasteiger charge is 2.16. The number of anilines is 1. The maximum absolute atomic E-state index is 13.1. The van der Waals surface area contributed by atoms with Gasteiger partial charge < -0.3 is 11.1 Å². The lowest BCUT2D eigenvalue weighted by atomic mass is 10.1. The Balaban J connectivity index is 1.72. The number of carbonyl (C=O) groups is 2. The van der Waals surface area contributed by atoms with E-state index >= 15 is 0 Å². The molecule has 0 bridgehead atoms. The zero-order valence-electron chi connectivity index (χ0n) is 15.7. The Morgan fingerprint density at radius 2 is 1.68 bits per heavy atom. The Labute approximate surface area is 162 Å². The molecule has 2 amide bonds. The van der Waals surface area contributed by atoms with Gasteiger partial charge in [0, 0.05) is 16.9 Å². The van der Waals surface area contributed by atoms with Crippen LogP contribution >= 0.6 is 0 Å². The number of nitrogens with zero attached hydrogens (tertiary/aromatic N) is 2. The summed E-state index contributed by atoms with van der Waals surface area (Å²) in [5, 5.41) is 7.32. The average molecular weight is 380 g/mol. The number of nitrogens with one attached hydrogen (secondary N) is 1. The summed E-state index contributed by atoms with van der Waals surface area (Å²) in [5.41, 5.74) is 9.74. The molecule has 1 heterocycles. The third kappa shape index (κ3) is 4.43. The molecule has 7 heteroatoms. The van der Waals surface area contributed by atoms with Crippen molar-refractivity contribution in [3.8, 4) is 5.69 Å². The molecule has 0 unspecified atom stereocenters. The molecule has 0 saturated carbocycles. The number of amides is 2. The number of aromatic nitrogens is 2. The summed E-state index contributed by atoms with van der Waals surface area (Å²) in [6.45, 7) is 3.72. The molecule has 3 aromatic rings. The van der Waals surface area contributed by atoms with E-state index in [1.807, 2.05) is 13.8 Å². The molecule has 2 aromatic carbocycles. The summed E-state index contributed by atoms with van der Waals surface area (Å²) in [6.07, 6.45) is 0.330. The van der Waals surface area contributed by atoms with Gasteiger partial charge in [-0.15, -0.1) is 0 Å². The van der Waals surface area contributed by atoms with E-state index in [-0.39, 0.29) is 24.6 Å². The van der Waals surface area contributed by atoms with E-state index in [0.717, 1.165) is 28.2 Å². The maximum atomic E-state index is 13.1. The molecule has 0 aliphatic rings. The lowest BCUT2D eigenvalue weighted by Crippen LogP contribution is -2.16. The monoisotopic (exact) mass is 380 g/mol. The normalized spacial score (nSPS) is 10.7. The first-order valence-electron chi connectivity index (χ1n) is 8.81. The van der Waals surface area contributed by atoms with Crippen LogP contribution in [0.4, 0.5) is 10.1 Å². The largest absolute Gasteiger partial charge is 0.369 e. The molecular weight excluding hydrogens is 359 g/mol. The fraction of sp³-hybridized carbons (Fsp3) is 0.190. The van der Waals surface area contributed by atoms with Gasteiger partial charge in [0.05, 0.1) is 24.2 Å². The number of rotatable bonds is 6. The fourth-order valence-electron chi connectivity index (χ4n) is 3.04. The Morgan fingerprint density at radius 3 is 2.29 bits per heavy atom. The summed E-state index contributed by atoms with van der Waals surface area (Å²) < 4.78 is 14.9. The van der Waals surface area contributed by atoms with Crippen LogP contribution in [0.1, 0.15) is 22.5 Å². The minimum atomic E-state index is -0.402. The topological polar surface area (TPSA) is 90.0 Å². The van der Waals surface area contributed by atoms with E-state index < -0.39 is 5.91 Å². The molecule has 0 fully saturated rings. The molecule has 0 radical (unpaired) electrons. The molecule has 1 aromatic heterocycles. The third-order valence-corrected chi connectivity index (χ3v) is 4.47. The number of nitrogens with two attached hydrogens (primary N) is 1. The van der Waals surface area contributed by atoms with E-state index in [1.54, 1.807) is 41.1 Å². The fourth-order valence-corrected chi connectivity index (χ4v) is 3.04. The zero-order chi connectivity index (χ0) is 20.3. The van der Waals surface area contributed by atoms with Gasteiger partial charge in [0.15, 0.2) is 0 Å². The smallest absolute Gasteiger partial charge is 0.228 e. The van der Waals surface area contributed by atoms with Gasteiger partial charge in [-0.05, 0) is 55.8 Å². The van der Waals surface area contributed by atoms with Crippen molar-refractivity contribution >= 4 is 17.5 Å². The van der Waals surface area contributed by atoms with E-state index in [1.165, 1.54) is 12.1 Å². The summed E-state index contributed by atoms with van der Waals surface area (Å²) >= 11 is 0. The second-order valence-electron chi connectivity index (χ2n) is 6.60. The highest BCUT2D eigenvalue weighted by molar-refractivity contribution is 5.92. The molecular formula is C21H21FN4O2. The van der Waals surface area contributed by atoms with Gasteiger partial charge in [-0.2, -0.15) is 5.10 Å². The van der Waals surface area contributed by atoms with Crippen molar-refractivity contribution in [1.82, 2.24) is 9.78 Å². The van der Waals surface area contributed by atoms with E-state index in [2.05, 4.69) is 10.4 Å². The van der Waals surface area contributed by atoms with E-state index in [4.69, 9.17) is 5.73 Å². The van der Waals surface area contributed by atoms with Gasteiger partial charge in [-0.3, -0.25) is 9.59 Å². The van der Waals surface area contributed by atoms with Gasteiger partial charge in [0.2, 0.25) is 11.8 Å². The first-order chi connectivity index (χ1) is 13.3. The Bertz CT molecular complexity index is 1010. The van der Waals surface area contributed by atoms with Crippen molar-refractivity contribution in [2.75, 3.05) is 5.32 Å². The van der Waals surface area contributed by atoms with Crippen LogP contribution in [0.5, 0.6) is 0 Å². The highest BCUT2D eigenvalue weighted by atomic mass is 19.1. The first-order valence-corrected chi connectivity index (χ1v) is 8.81. The van der Waals surface area contributed by atoms with Crippen molar-refractivity contribution in [3.05, 3.63) is 76.9 Å². The summed E-state index contributed by atoms with van der Waals surface area (Å²) in [4.78, 5) is 23.4. The van der Waals surface area contributed by atoms with Crippen molar-refractivity contribution in [2.24, 2.45) is 5.73 Å². The van der Waals surface area contributed by atoms with E-state index in [0.29, 0.717) is 5.69 Å². The van der Waals surface area contributed by atoms with Crippen LogP contribution in [0, 0.1) is 19.7 Å². The molecule has 0 aliphatic heterocycles. The minimum absolute atomic E-state index is 0.162. The summed E-state index contributed by atoms with van der Waals surface area (Å²) in [5.74, 6) is -0.889. The number of primary amides is 1. The van der Waals surface area contributed by atoms with Crippen molar-refractivity contribution in [1.29, 1.82) is 0 Å². The predicted octanol–water partition coefficient (Wildman–Crippen LogP) is 2.84. The number of halogens is 1. The third-order valence-electron chi connectivity index (χ3n) is 4.47. The van der Waals surface area contributed by atoms with Gasteiger partial charge in [-0.25, -0.2) is 9.07 Å². The lowest BCUT2D eigenvalue weighted by molar-refractivity contribution is -0.117. The van der Waals surface area contributed by atoms with Gasteiger partial charge >= 0.3 is 0 Å². The molecule has 28 heavy (non-hydrogen) atoms. The highest BCUT2D eigenvalue weighted by Crippen LogP contribution is 2.19. The van der Waals surface area contributed by atoms with Crippen LogP contribution in [0.15, 0.2) is 48.5 Å². The van der Waals surface area contributed by atoms with Gasteiger partial charge in [0.1, 0.15) is 5.82 Å². The summed E-state index contributed by atoms with van der Waals surface area (Å²) in [6, 6.07) is 13.0. The number of benzene rings is 2. The molecule has 3 N–H and O–H groups in total. The molecule has 0 aliphatic carbocycles. The molecule has 0 saturated heterocycles. The second-order valence-corrected chi connectivity index (χ2v) is 6.60. The lowest BCUT2D eigenvalue weighted by Gasteiger charge is -2.08. The standard InChI is InChI=1S/C21H21FN4O2/c1-13-19(14(2)26(25-13)18-9-5-16(22)6-10-18)12-21(28)24-17-7-3-15(4-8-17)11-20(23)27/h3-10H,11-12H2,1-2H3,(H2,23,27)(H,24,28). The first kappa shape index (κ1) is 19.3. The van der Waals surface area contributed by atoms with Crippen molar-refractivity contribution in [2.45, 2.75) is 26.7 Å². The van der Waals surface area contributed by atoms with E-state index in [9.17, 15) is 14.0 Å². The molecule has 6 nitrogen and oxygen atoms in total. The minimum Gasteiger partial charge on any atom is -0.369 e. The zero-order valence-corrected chi connectivity index (χ0v) is 15.7. The second kappa shape index (κ2) is 8.04. The van der Waals surface area contributed by atoms with Crippen molar-refractivity contribution in [3.63, 3.8) is 0 Å². The van der Waals surface area contributed by atoms with Crippen molar-refractivity contribution < 1.29 is 14.0 Å². The molecule has 0 spiro atoms. The Kier molecular flexibility index (Phi) is 5.54. The van der Waals surface area contributed by atoms with Crippen LogP contribution < -0.4 is 11.1 Å². The molecule has 144 valence electrons. The van der Waals surface area contributed by atoms with Gasteiger partial charge in [0.25, 0.3) is 0 Å². The molecule has 0 atom stereocenters. The quantitative estimate of drug-likeness (QED) is 0.689. The average Bonchev–Trinajstić information content (AvgIpc) is 2.92. The van der Waals surface area contributed by atoms with Gasteiger partial charge in [-0.1, -0.05) is 12.1 Å². The van der Waals surface area contributed by atoms with Crippen LogP contribution in [-0.2, 0) is 22.4 Å². The Morgan fingerprint density at radius 1 is 1.04 bits per heavy atom.